The molecule has 0 radical (unpaired) electrons. The SMILES string of the molecule is C/C=C(CCC)\C(=C\C1CCCC1)c1ccc2c(c1)N(C)c1ccccc1S2(=O)=O. The van der Waals surface area contributed by atoms with Crippen LogP contribution in [0.1, 0.15) is 57.9 Å². The van der Waals surface area contributed by atoms with Crippen molar-refractivity contribution in [3.05, 3.63) is 65.8 Å². The number of benzene rings is 2. The Morgan fingerprint density at radius 3 is 2.47 bits per heavy atom. The predicted octanol–water partition coefficient (Wildman–Crippen LogP) is 6.92. The standard InChI is InChI=1S/C26H31NO2S/c1-4-10-20(5-2)22(17-19-11-6-7-12-19)21-15-16-26-24(18-21)27(3)23-13-8-9-14-25(23)30(26,28)29/h5,8-9,13-19H,4,6-7,10-12H2,1-3H3/b20-5-,22-17-. The van der Waals surface area contributed by atoms with Crippen LogP contribution in [0.3, 0.4) is 0 Å². The van der Waals surface area contributed by atoms with Gasteiger partial charge in [-0.05, 0) is 73.1 Å². The van der Waals surface area contributed by atoms with E-state index in [9.17, 15) is 8.42 Å². The van der Waals surface area contributed by atoms with Gasteiger partial charge in [0.15, 0.2) is 0 Å². The van der Waals surface area contributed by atoms with E-state index in [1.807, 2.05) is 30.1 Å². The van der Waals surface area contributed by atoms with Crippen molar-refractivity contribution >= 4 is 26.8 Å². The third-order valence-electron chi connectivity index (χ3n) is 6.45. The van der Waals surface area contributed by atoms with E-state index in [1.165, 1.54) is 36.8 Å². The zero-order valence-corrected chi connectivity index (χ0v) is 19.0. The number of rotatable bonds is 5. The number of anilines is 2. The van der Waals surface area contributed by atoms with Crippen LogP contribution in [-0.4, -0.2) is 15.5 Å². The summed E-state index contributed by atoms with van der Waals surface area (Å²) >= 11 is 0. The first kappa shape index (κ1) is 20.9. The fraction of sp³-hybridized carbons (Fsp3) is 0.385. The Labute approximate surface area is 181 Å². The van der Waals surface area contributed by atoms with Crippen LogP contribution >= 0.6 is 0 Å². The summed E-state index contributed by atoms with van der Waals surface area (Å²) in [6, 6.07) is 13.1. The molecular formula is C26H31NO2S. The molecule has 1 fully saturated rings. The smallest absolute Gasteiger partial charge is 0.210 e. The van der Waals surface area contributed by atoms with Gasteiger partial charge in [-0.15, -0.1) is 0 Å². The Kier molecular flexibility index (Phi) is 5.88. The lowest BCUT2D eigenvalue weighted by atomic mass is 9.90. The van der Waals surface area contributed by atoms with Crippen molar-refractivity contribution in [3.63, 3.8) is 0 Å². The minimum Gasteiger partial charge on any atom is -0.342 e. The molecule has 2 aromatic rings. The molecule has 30 heavy (non-hydrogen) atoms. The summed E-state index contributed by atoms with van der Waals surface area (Å²) in [5, 5.41) is 0. The third-order valence-corrected chi connectivity index (χ3v) is 8.30. The van der Waals surface area contributed by atoms with Crippen molar-refractivity contribution < 1.29 is 8.42 Å². The van der Waals surface area contributed by atoms with Crippen molar-refractivity contribution in [1.29, 1.82) is 0 Å². The molecule has 0 unspecified atom stereocenters. The first-order valence-electron chi connectivity index (χ1n) is 11.1. The third kappa shape index (κ3) is 3.62. The second-order valence-electron chi connectivity index (χ2n) is 8.40. The zero-order chi connectivity index (χ0) is 21.3. The monoisotopic (exact) mass is 421 g/mol. The van der Waals surface area contributed by atoms with Crippen LogP contribution < -0.4 is 4.90 Å². The number of hydrogen-bond donors (Lipinski definition) is 0. The van der Waals surface area contributed by atoms with Gasteiger partial charge in [0.25, 0.3) is 0 Å². The molecule has 4 rings (SSSR count). The largest absolute Gasteiger partial charge is 0.342 e. The number of fused-ring (bicyclic) bond motifs is 2. The molecule has 1 heterocycles. The van der Waals surface area contributed by atoms with Crippen molar-refractivity contribution in [2.24, 2.45) is 5.92 Å². The van der Waals surface area contributed by atoms with E-state index < -0.39 is 9.84 Å². The van der Waals surface area contributed by atoms with E-state index in [2.05, 4.69) is 32.1 Å². The first-order chi connectivity index (χ1) is 14.5. The highest BCUT2D eigenvalue weighted by Crippen LogP contribution is 2.45. The molecule has 0 bridgehead atoms. The average Bonchev–Trinajstić information content (AvgIpc) is 3.28. The number of nitrogens with zero attached hydrogens (tertiary/aromatic N) is 1. The maximum Gasteiger partial charge on any atom is 0.210 e. The van der Waals surface area contributed by atoms with Gasteiger partial charge in [0.1, 0.15) is 0 Å². The van der Waals surface area contributed by atoms with Gasteiger partial charge in [0, 0.05) is 7.05 Å². The van der Waals surface area contributed by atoms with Crippen LogP contribution in [0.25, 0.3) is 5.57 Å². The van der Waals surface area contributed by atoms with E-state index >= 15 is 0 Å². The fourth-order valence-corrected chi connectivity index (χ4v) is 6.53. The van der Waals surface area contributed by atoms with E-state index in [-0.39, 0.29) is 0 Å². The molecule has 0 atom stereocenters. The summed E-state index contributed by atoms with van der Waals surface area (Å²) in [7, 11) is -1.55. The van der Waals surface area contributed by atoms with Gasteiger partial charge in [-0.25, -0.2) is 8.42 Å². The van der Waals surface area contributed by atoms with Crippen molar-refractivity contribution in [3.8, 4) is 0 Å². The van der Waals surface area contributed by atoms with Crippen LogP contribution in [0.15, 0.2) is 70.0 Å². The summed E-state index contributed by atoms with van der Waals surface area (Å²) in [5.41, 5.74) is 5.24. The van der Waals surface area contributed by atoms with E-state index in [0.29, 0.717) is 15.7 Å². The normalized spacial score (nSPS) is 19.0. The van der Waals surface area contributed by atoms with Crippen molar-refractivity contribution in [2.75, 3.05) is 11.9 Å². The highest BCUT2D eigenvalue weighted by molar-refractivity contribution is 7.92. The van der Waals surface area contributed by atoms with Crippen molar-refractivity contribution in [2.45, 2.75) is 62.2 Å². The fourth-order valence-electron chi connectivity index (χ4n) is 4.84. The summed E-state index contributed by atoms with van der Waals surface area (Å²) in [4.78, 5) is 2.79. The zero-order valence-electron chi connectivity index (χ0n) is 18.2. The van der Waals surface area contributed by atoms with Gasteiger partial charge >= 0.3 is 0 Å². The van der Waals surface area contributed by atoms with Crippen LogP contribution in [0.2, 0.25) is 0 Å². The van der Waals surface area contributed by atoms with Crippen LogP contribution in [0, 0.1) is 5.92 Å². The molecule has 2 aromatic carbocycles. The number of sulfone groups is 1. The highest BCUT2D eigenvalue weighted by atomic mass is 32.2. The molecule has 158 valence electrons. The van der Waals surface area contributed by atoms with E-state index in [4.69, 9.17) is 0 Å². The molecule has 2 aliphatic rings. The summed E-state index contributed by atoms with van der Waals surface area (Å²) < 4.78 is 26.5. The molecule has 0 aromatic heterocycles. The van der Waals surface area contributed by atoms with Gasteiger partial charge in [-0.2, -0.15) is 0 Å². The van der Waals surface area contributed by atoms with Crippen LogP contribution in [-0.2, 0) is 9.84 Å². The molecule has 1 aliphatic heterocycles. The quantitative estimate of drug-likeness (QED) is 0.492. The summed E-state index contributed by atoms with van der Waals surface area (Å²) in [6.45, 7) is 4.32. The Hall–Kier alpha value is -2.33. The molecule has 4 heteroatoms. The van der Waals surface area contributed by atoms with Crippen molar-refractivity contribution in [1.82, 2.24) is 0 Å². The predicted molar refractivity (Wildman–Crippen MR) is 125 cm³/mol. The molecule has 1 aliphatic carbocycles. The first-order valence-corrected chi connectivity index (χ1v) is 12.5. The molecule has 1 saturated carbocycles. The minimum absolute atomic E-state index is 0.384. The van der Waals surface area contributed by atoms with E-state index in [0.717, 1.165) is 29.8 Å². The second-order valence-corrected chi connectivity index (χ2v) is 10.3. The van der Waals surface area contributed by atoms with Gasteiger partial charge < -0.3 is 4.90 Å². The lowest BCUT2D eigenvalue weighted by Gasteiger charge is -2.30. The van der Waals surface area contributed by atoms with Gasteiger partial charge in [-0.1, -0.05) is 56.5 Å². The average molecular weight is 422 g/mol. The van der Waals surface area contributed by atoms with Crippen LogP contribution in [0.5, 0.6) is 0 Å². The van der Waals surface area contributed by atoms with Crippen LogP contribution in [0.4, 0.5) is 11.4 Å². The Balaban J connectivity index is 1.85. The summed E-state index contributed by atoms with van der Waals surface area (Å²) in [5.74, 6) is 0.616. The lowest BCUT2D eigenvalue weighted by molar-refractivity contribution is 0.594. The Morgan fingerprint density at radius 1 is 1.07 bits per heavy atom. The summed E-state index contributed by atoms with van der Waals surface area (Å²) in [6.07, 6.45) is 11.9. The maximum atomic E-state index is 13.2. The van der Waals surface area contributed by atoms with E-state index in [1.54, 1.807) is 18.2 Å². The molecule has 0 N–H and O–H groups in total. The number of hydrogen-bond acceptors (Lipinski definition) is 3. The van der Waals surface area contributed by atoms with Gasteiger partial charge in [0.05, 0.1) is 21.2 Å². The van der Waals surface area contributed by atoms with Gasteiger partial charge in [-0.3, -0.25) is 0 Å². The second kappa shape index (κ2) is 8.43. The molecule has 0 saturated heterocycles. The molecule has 3 nitrogen and oxygen atoms in total. The maximum absolute atomic E-state index is 13.2. The number of allylic oxidation sites excluding steroid dienone is 4. The number of para-hydroxylation sites is 1. The topological polar surface area (TPSA) is 37.4 Å². The Bertz CT molecular complexity index is 1110. The molecular weight excluding hydrogens is 390 g/mol. The lowest BCUT2D eigenvalue weighted by Crippen LogP contribution is -2.22. The Morgan fingerprint density at radius 2 is 1.77 bits per heavy atom. The molecule has 0 amide bonds. The minimum atomic E-state index is -3.51. The highest BCUT2D eigenvalue weighted by Gasteiger charge is 2.32. The van der Waals surface area contributed by atoms with Gasteiger partial charge in [0.2, 0.25) is 9.84 Å². The molecule has 0 spiro atoms.